The molecule has 0 unspecified atom stereocenters. The van der Waals surface area contributed by atoms with Crippen molar-refractivity contribution in [2.45, 2.75) is 51.5 Å². The van der Waals surface area contributed by atoms with Gasteiger partial charge in [-0.25, -0.2) is 0 Å². The molecule has 2 heterocycles. The number of rotatable bonds is 2. The van der Waals surface area contributed by atoms with Crippen LogP contribution in [0.3, 0.4) is 0 Å². The normalized spacial score (nSPS) is 23.1. The average molecular weight is 261 g/mol. The number of hydrogen-bond donors (Lipinski definition) is 1. The molecule has 0 bridgehead atoms. The molecule has 0 atom stereocenters. The molecule has 1 aromatic heterocycles. The molecule has 5 heteroatoms. The third kappa shape index (κ3) is 2.41. The third-order valence-corrected chi connectivity index (χ3v) is 4.46. The summed E-state index contributed by atoms with van der Waals surface area (Å²) < 4.78 is 0. The van der Waals surface area contributed by atoms with Crippen LogP contribution in [0.5, 0.6) is 0 Å². The van der Waals surface area contributed by atoms with Crippen molar-refractivity contribution < 1.29 is 9.59 Å². The van der Waals surface area contributed by atoms with Crippen LogP contribution in [0.25, 0.3) is 0 Å². The summed E-state index contributed by atoms with van der Waals surface area (Å²) in [5, 5.41) is 6.65. The van der Waals surface area contributed by atoms with Crippen molar-refractivity contribution in [1.29, 1.82) is 0 Å². The van der Waals surface area contributed by atoms with Crippen LogP contribution in [-0.4, -0.2) is 26.9 Å². The SMILES string of the molecule is O=C1CC2(CCCCC2)CC(=O)N1Cc1ccn[nH]1. The van der Waals surface area contributed by atoms with Crippen molar-refractivity contribution in [2.75, 3.05) is 0 Å². The van der Waals surface area contributed by atoms with E-state index in [4.69, 9.17) is 0 Å². The topological polar surface area (TPSA) is 66.1 Å². The lowest BCUT2D eigenvalue weighted by atomic mass is 9.67. The summed E-state index contributed by atoms with van der Waals surface area (Å²) in [4.78, 5) is 25.9. The van der Waals surface area contributed by atoms with Crippen LogP contribution in [0.15, 0.2) is 12.3 Å². The Kier molecular flexibility index (Phi) is 3.12. The third-order valence-electron chi connectivity index (χ3n) is 4.46. The van der Waals surface area contributed by atoms with Gasteiger partial charge in [0.15, 0.2) is 0 Å². The van der Waals surface area contributed by atoms with E-state index in [0.717, 1.165) is 31.4 Å². The molecule has 19 heavy (non-hydrogen) atoms. The largest absolute Gasteiger partial charge is 0.281 e. The molecule has 5 nitrogen and oxygen atoms in total. The van der Waals surface area contributed by atoms with E-state index in [-0.39, 0.29) is 17.2 Å². The number of imide groups is 1. The molecule has 1 spiro atoms. The summed E-state index contributed by atoms with van der Waals surface area (Å²) in [6.45, 7) is 0.327. The number of aromatic nitrogens is 2. The van der Waals surface area contributed by atoms with Gasteiger partial charge in [-0.05, 0) is 24.3 Å². The minimum atomic E-state index is -0.0309. The van der Waals surface area contributed by atoms with Gasteiger partial charge >= 0.3 is 0 Å². The molecule has 1 aliphatic heterocycles. The fourth-order valence-electron chi connectivity index (χ4n) is 3.41. The van der Waals surface area contributed by atoms with Crippen LogP contribution in [0, 0.1) is 5.41 Å². The fourth-order valence-corrected chi connectivity index (χ4v) is 3.41. The summed E-state index contributed by atoms with van der Waals surface area (Å²) in [5.41, 5.74) is 0.776. The number of nitrogens with zero attached hydrogens (tertiary/aromatic N) is 2. The molecule has 1 saturated carbocycles. The highest BCUT2D eigenvalue weighted by Crippen LogP contribution is 2.45. The molecule has 2 fully saturated rings. The summed E-state index contributed by atoms with van der Waals surface area (Å²) in [6, 6.07) is 1.80. The maximum Gasteiger partial charge on any atom is 0.230 e. The highest BCUT2D eigenvalue weighted by Gasteiger charge is 2.43. The van der Waals surface area contributed by atoms with Crippen molar-refractivity contribution in [2.24, 2.45) is 5.41 Å². The van der Waals surface area contributed by atoms with Crippen molar-refractivity contribution in [3.05, 3.63) is 18.0 Å². The van der Waals surface area contributed by atoms with Gasteiger partial charge in [0.2, 0.25) is 11.8 Å². The Labute approximate surface area is 112 Å². The molecular weight excluding hydrogens is 242 g/mol. The second-order valence-electron chi connectivity index (χ2n) is 5.87. The molecule has 1 N–H and O–H groups in total. The first-order valence-electron chi connectivity index (χ1n) is 7.00. The Bertz CT molecular complexity index is 455. The van der Waals surface area contributed by atoms with Crippen LogP contribution >= 0.6 is 0 Å². The summed E-state index contributed by atoms with van der Waals surface area (Å²) >= 11 is 0. The van der Waals surface area contributed by atoms with Crippen molar-refractivity contribution in [3.8, 4) is 0 Å². The number of likely N-dealkylation sites (tertiary alicyclic amines) is 1. The van der Waals surface area contributed by atoms with Crippen molar-refractivity contribution in [1.82, 2.24) is 15.1 Å². The van der Waals surface area contributed by atoms with Gasteiger partial charge in [-0.1, -0.05) is 19.3 Å². The van der Waals surface area contributed by atoms with Crippen LogP contribution in [0.4, 0.5) is 0 Å². The Morgan fingerprint density at radius 1 is 1.16 bits per heavy atom. The first kappa shape index (κ1) is 12.4. The van der Waals surface area contributed by atoms with Gasteiger partial charge in [-0.3, -0.25) is 19.6 Å². The minimum absolute atomic E-state index is 0.0206. The Hall–Kier alpha value is -1.65. The van der Waals surface area contributed by atoms with Gasteiger partial charge < -0.3 is 0 Å². The number of hydrogen-bond acceptors (Lipinski definition) is 3. The summed E-state index contributed by atoms with van der Waals surface area (Å²) in [5.74, 6) is -0.0412. The number of piperidine rings is 1. The highest BCUT2D eigenvalue weighted by atomic mass is 16.2. The van der Waals surface area contributed by atoms with Crippen molar-refractivity contribution in [3.63, 3.8) is 0 Å². The van der Waals surface area contributed by atoms with Crippen LogP contribution in [0.1, 0.15) is 50.6 Å². The summed E-state index contributed by atoms with van der Waals surface area (Å²) in [7, 11) is 0. The minimum Gasteiger partial charge on any atom is -0.281 e. The first-order valence-corrected chi connectivity index (χ1v) is 7.00. The van der Waals surface area contributed by atoms with E-state index in [0.29, 0.717) is 19.4 Å². The smallest absolute Gasteiger partial charge is 0.230 e. The molecule has 1 saturated heterocycles. The second kappa shape index (κ2) is 4.79. The quantitative estimate of drug-likeness (QED) is 0.828. The second-order valence-corrected chi connectivity index (χ2v) is 5.87. The lowest BCUT2D eigenvalue weighted by molar-refractivity contribution is -0.155. The molecule has 2 amide bonds. The zero-order chi connectivity index (χ0) is 13.3. The van der Waals surface area contributed by atoms with E-state index in [9.17, 15) is 9.59 Å². The first-order chi connectivity index (χ1) is 9.19. The van der Waals surface area contributed by atoms with Crippen molar-refractivity contribution >= 4 is 11.8 Å². The number of carbonyl (C=O) groups is 2. The van der Waals surface area contributed by atoms with E-state index >= 15 is 0 Å². The van der Waals surface area contributed by atoms with E-state index in [1.165, 1.54) is 11.3 Å². The Balaban J connectivity index is 1.72. The maximum atomic E-state index is 12.3. The molecule has 1 aliphatic carbocycles. The predicted octanol–water partition coefficient (Wildman–Crippen LogP) is 2.01. The van der Waals surface area contributed by atoms with Crippen LogP contribution in [-0.2, 0) is 16.1 Å². The number of nitrogens with one attached hydrogen (secondary N) is 1. The molecule has 1 aromatic rings. The van der Waals surface area contributed by atoms with Crippen LogP contribution in [0.2, 0.25) is 0 Å². The van der Waals surface area contributed by atoms with E-state index < -0.39 is 0 Å². The summed E-state index contributed by atoms with van der Waals surface area (Å²) in [6.07, 6.45) is 8.31. The maximum absolute atomic E-state index is 12.3. The van der Waals surface area contributed by atoms with Gasteiger partial charge in [-0.2, -0.15) is 5.10 Å². The van der Waals surface area contributed by atoms with Gasteiger partial charge in [0.1, 0.15) is 0 Å². The highest BCUT2D eigenvalue weighted by molar-refractivity contribution is 5.98. The fraction of sp³-hybridized carbons (Fsp3) is 0.643. The molecule has 102 valence electrons. The lowest BCUT2D eigenvalue weighted by Crippen LogP contribution is -2.48. The standard InChI is InChI=1S/C14H19N3O2/c18-12-8-14(5-2-1-3-6-14)9-13(19)17(12)10-11-4-7-15-16-11/h4,7H,1-3,5-6,8-10H2,(H,15,16). The zero-order valence-corrected chi connectivity index (χ0v) is 11.0. The molecule has 0 radical (unpaired) electrons. The Morgan fingerprint density at radius 3 is 2.42 bits per heavy atom. The molecule has 2 aliphatic rings. The predicted molar refractivity (Wildman–Crippen MR) is 68.9 cm³/mol. The number of carbonyl (C=O) groups excluding carboxylic acids is 2. The van der Waals surface area contributed by atoms with Crippen LogP contribution < -0.4 is 0 Å². The monoisotopic (exact) mass is 261 g/mol. The van der Waals surface area contributed by atoms with Gasteiger partial charge in [0.25, 0.3) is 0 Å². The van der Waals surface area contributed by atoms with Gasteiger partial charge in [0.05, 0.1) is 12.2 Å². The van der Waals surface area contributed by atoms with Gasteiger partial charge in [-0.15, -0.1) is 0 Å². The zero-order valence-electron chi connectivity index (χ0n) is 11.0. The van der Waals surface area contributed by atoms with E-state index in [1.807, 2.05) is 0 Å². The van der Waals surface area contributed by atoms with E-state index in [1.54, 1.807) is 12.3 Å². The number of amides is 2. The number of H-pyrrole nitrogens is 1. The lowest BCUT2D eigenvalue weighted by Gasteiger charge is -2.42. The average Bonchev–Trinajstić information content (AvgIpc) is 2.88. The number of aromatic amines is 1. The molecular formula is C14H19N3O2. The Morgan fingerprint density at radius 2 is 1.84 bits per heavy atom. The molecule has 0 aromatic carbocycles. The van der Waals surface area contributed by atoms with E-state index in [2.05, 4.69) is 10.2 Å². The van der Waals surface area contributed by atoms with Gasteiger partial charge in [0, 0.05) is 19.0 Å². The molecule has 3 rings (SSSR count).